The molecule has 3 aliphatic rings. The molecule has 0 spiro atoms. The van der Waals surface area contributed by atoms with Crippen LogP contribution in [-0.4, -0.2) is 59.8 Å². The molecule has 0 saturated carbocycles. The predicted octanol–water partition coefficient (Wildman–Crippen LogP) is 1.37. The number of likely N-dealkylation sites (tertiary alicyclic amines) is 1. The summed E-state index contributed by atoms with van der Waals surface area (Å²) in [6.07, 6.45) is 8.17. The van der Waals surface area contributed by atoms with Crippen LogP contribution in [0.3, 0.4) is 0 Å². The summed E-state index contributed by atoms with van der Waals surface area (Å²) in [5.41, 5.74) is 2.30. The fourth-order valence-corrected chi connectivity index (χ4v) is 4.05. The summed E-state index contributed by atoms with van der Waals surface area (Å²) < 4.78 is 11.2. The number of nitrogens with one attached hydrogen (secondary N) is 1. The number of amides is 1. The van der Waals surface area contributed by atoms with E-state index in [0.29, 0.717) is 6.61 Å². The minimum Gasteiger partial charge on any atom is -0.376 e. The molecule has 0 aromatic carbocycles. The van der Waals surface area contributed by atoms with Crippen molar-refractivity contribution in [3.8, 4) is 0 Å². The highest BCUT2D eigenvalue weighted by molar-refractivity contribution is 5.78. The average molecular weight is 360 g/mol. The quantitative estimate of drug-likeness (QED) is 0.855. The van der Waals surface area contributed by atoms with Gasteiger partial charge >= 0.3 is 0 Å². The van der Waals surface area contributed by atoms with Crippen molar-refractivity contribution in [3.05, 3.63) is 23.3 Å². The Morgan fingerprint density at radius 3 is 3.19 bits per heavy atom. The van der Waals surface area contributed by atoms with E-state index >= 15 is 0 Å². The highest BCUT2D eigenvalue weighted by Crippen LogP contribution is 2.29. The molecule has 0 bridgehead atoms. The van der Waals surface area contributed by atoms with Gasteiger partial charge in [0.15, 0.2) is 5.82 Å². The fraction of sp³-hybridized carbons (Fsp3) is 0.737. The molecule has 142 valence electrons. The Morgan fingerprint density at radius 2 is 2.31 bits per heavy atom. The van der Waals surface area contributed by atoms with E-state index in [0.717, 1.165) is 76.3 Å². The van der Waals surface area contributed by atoms with Gasteiger partial charge in [0.1, 0.15) is 6.61 Å². The minimum atomic E-state index is -0.0252. The van der Waals surface area contributed by atoms with Gasteiger partial charge < -0.3 is 19.7 Å². The standard InChI is InChI=1S/C19H28N4O3/c24-18(13-25-12-15-4-3-9-26-15)23-8-2-1-5-17(23)19-21-11-14-10-20-7-6-16(14)22-19/h11,15,17,20H,1-10,12-13H2/t15-,17-/m0/s1. The normalized spacial score (nSPS) is 25.9. The van der Waals surface area contributed by atoms with E-state index in [2.05, 4.69) is 10.3 Å². The summed E-state index contributed by atoms with van der Waals surface area (Å²) in [7, 11) is 0. The Morgan fingerprint density at radius 1 is 1.35 bits per heavy atom. The van der Waals surface area contributed by atoms with Gasteiger partial charge in [0, 0.05) is 50.1 Å². The van der Waals surface area contributed by atoms with E-state index in [-0.39, 0.29) is 24.7 Å². The second kappa shape index (κ2) is 8.41. The van der Waals surface area contributed by atoms with Crippen molar-refractivity contribution in [1.82, 2.24) is 20.2 Å². The first-order valence-corrected chi connectivity index (χ1v) is 9.85. The van der Waals surface area contributed by atoms with Gasteiger partial charge in [0.2, 0.25) is 5.91 Å². The summed E-state index contributed by atoms with van der Waals surface area (Å²) in [6.45, 7) is 3.97. The van der Waals surface area contributed by atoms with Crippen LogP contribution >= 0.6 is 0 Å². The predicted molar refractivity (Wildman–Crippen MR) is 95.5 cm³/mol. The van der Waals surface area contributed by atoms with Crippen LogP contribution in [0.25, 0.3) is 0 Å². The largest absolute Gasteiger partial charge is 0.376 e. The van der Waals surface area contributed by atoms with E-state index in [1.165, 1.54) is 5.56 Å². The Labute approximate surface area is 154 Å². The molecule has 4 rings (SSSR count). The van der Waals surface area contributed by atoms with Gasteiger partial charge in [-0.3, -0.25) is 4.79 Å². The van der Waals surface area contributed by atoms with Crippen LogP contribution in [-0.2, 0) is 27.2 Å². The monoisotopic (exact) mass is 360 g/mol. The lowest BCUT2D eigenvalue weighted by Gasteiger charge is -2.35. The van der Waals surface area contributed by atoms with Gasteiger partial charge in [-0.25, -0.2) is 9.97 Å². The van der Waals surface area contributed by atoms with E-state index in [9.17, 15) is 4.79 Å². The minimum absolute atomic E-state index is 0.0252. The SMILES string of the molecule is O=C(COC[C@@H]1CCCO1)N1CCCC[C@H]1c1ncc2c(n1)CCNC2. The van der Waals surface area contributed by atoms with Crippen LogP contribution in [0, 0.1) is 0 Å². The molecule has 0 unspecified atom stereocenters. The molecule has 2 atom stereocenters. The van der Waals surface area contributed by atoms with E-state index in [1.807, 2.05) is 11.1 Å². The molecule has 7 heteroatoms. The molecule has 0 radical (unpaired) electrons. The highest BCUT2D eigenvalue weighted by Gasteiger charge is 2.31. The molecule has 1 amide bonds. The number of piperidine rings is 1. The van der Waals surface area contributed by atoms with Gasteiger partial charge in [-0.15, -0.1) is 0 Å². The maximum absolute atomic E-state index is 12.7. The zero-order valence-electron chi connectivity index (χ0n) is 15.3. The first kappa shape index (κ1) is 17.8. The molecule has 3 aliphatic heterocycles. The topological polar surface area (TPSA) is 76.6 Å². The molecular formula is C19H28N4O3. The van der Waals surface area contributed by atoms with Crippen molar-refractivity contribution in [2.75, 3.05) is 32.9 Å². The molecule has 1 N–H and O–H groups in total. The number of fused-ring (bicyclic) bond motifs is 1. The van der Waals surface area contributed by atoms with Crippen molar-refractivity contribution in [3.63, 3.8) is 0 Å². The van der Waals surface area contributed by atoms with Crippen LogP contribution in [0.2, 0.25) is 0 Å². The summed E-state index contributed by atoms with van der Waals surface area (Å²) in [5, 5.41) is 3.34. The molecule has 1 aromatic rings. The molecule has 2 saturated heterocycles. The molecule has 4 heterocycles. The number of aromatic nitrogens is 2. The molecule has 7 nitrogen and oxygen atoms in total. The van der Waals surface area contributed by atoms with Gasteiger partial charge in [0.25, 0.3) is 0 Å². The van der Waals surface area contributed by atoms with Crippen molar-refractivity contribution < 1.29 is 14.3 Å². The Hall–Kier alpha value is -1.57. The summed E-state index contributed by atoms with van der Waals surface area (Å²) in [5.74, 6) is 0.827. The second-order valence-corrected chi connectivity index (χ2v) is 7.38. The van der Waals surface area contributed by atoms with E-state index in [1.54, 1.807) is 0 Å². The summed E-state index contributed by atoms with van der Waals surface area (Å²) in [6, 6.07) is -0.0252. The van der Waals surface area contributed by atoms with Crippen molar-refractivity contribution >= 4 is 5.91 Å². The van der Waals surface area contributed by atoms with E-state index < -0.39 is 0 Å². The second-order valence-electron chi connectivity index (χ2n) is 7.38. The molecule has 0 aliphatic carbocycles. The van der Waals surface area contributed by atoms with Crippen LogP contribution in [0.5, 0.6) is 0 Å². The number of ether oxygens (including phenoxy) is 2. The maximum atomic E-state index is 12.7. The van der Waals surface area contributed by atoms with E-state index in [4.69, 9.17) is 14.5 Å². The Bertz CT molecular complexity index is 633. The summed E-state index contributed by atoms with van der Waals surface area (Å²) >= 11 is 0. The average Bonchev–Trinajstić information content (AvgIpc) is 3.21. The lowest BCUT2D eigenvalue weighted by atomic mass is 10.0. The maximum Gasteiger partial charge on any atom is 0.249 e. The number of carbonyl (C=O) groups excluding carboxylic acids is 1. The molecule has 2 fully saturated rings. The highest BCUT2D eigenvalue weighted by atomic mass is 16.5. The van der Waals surface area contributed by atoms with Crippen molar-refractivity contribution in [2.45, 2.75) is 57.2 Å². The smallest absolute Gasteiger partial charge is 0.249 e. The lowest BCUT2D eigenvalue weighted by Crippen LogP contribution is -2.41. The van der Waals surface area contributed by atoms with Crippen LogP contribution in [0.4, 0.5) is 0 Å². The zero-order chi connectivity index (χ0) is 17.8. The number of carbonyl (C=O) groups is 1. The molecule has 26 heavy (non-hydrogen) atoms. The first-order chi connectivity index (χ1) is 12.8. The Balaban J connectivity index is 1.40. The third-order valence-electron chi connectivity index (χ3n) is 5.50. The number of hydrogen-bond donors (Lipinski definition) is 1. The van der Waals surface area contributed by atoms with Crippen molar-refractivity contribution in [1.29, 1.82) is 0 Å². The van der Waals surface area contributed by atoms with Gasteiger partial charge in [-0.1, -0.05) is 0 Å². The summed E-state index contributed by atoms with van der Waals surface area (Å²) in [4.78, 5) is 24.1. The van der Waals surface area contributed by atoms with Gasteiger partial charge in [0.05, 0.1) is 18.8 Å². The lowest BCUT2D eigenvalue weighted by molar-refractivity contribution is -0.141. The van der Waals surface area contributed by atoms with Gasteiger partial charge in [-0.05, 0) is 32.1 Å². The molecule has 1 aromatic heterocycles. The van der Waals surface area contributed by atoms with Crippen LogP contribution < -0.4 is 5.32 Å². The number of rotatable bonds is 5. The van der Waals surface area contributed by atoms with Gasteiger partial charge in [-0.2, -0.15) is 0 Å². The Kier molecular flexibility index (Phi) is 5.77. The van der Waals surface area contributed by atoms with Crippen LogP contribution in [0.15, 0.2) is 6.20 Å². The zero-order valence-corrected chi connectivity index (χ0v) is 15.3. The fourth-order valence-electron chi connectivity index (χ4n) is 4.05. The van der Waals surface area contributed by atoms with Crippen LogP contribution in [0.1, 0.15) is 55.2 Å². The first-order valence-electron chi connectivity index (χ1n) is 9.85. The number of hydrogen-bond acceptors (Lipinski definition) is 6. The molecular weight excluding hydrogens is 332 g/mol. The third kappa shape index (κ3) is 4.05. The van der Waals surface area contributed by atoms with Crippen molar-refractivity contribution in [2.24, 2.45) is 0 Å². The number of nitrogens with zero attached hydrogens (tertiary/aromatic N) is 3. The third-order valence-corrected chi connectivity index (χ3v) is 5.50.